The first-order valence-electron chi connectivity index (χ1n) is 11.3. The molecule has 5 nitrogen and oxygen atoms in total. The number of hydrogen-bond donors (Lipinski definition) is 3. The van der Waals surface area contributed by atoms with E-state index in [1.165, 1.54) is 38.5 Å². The zero-order valence-electron chi connectivity index (χ0n) is 18.0. The summed E-state index contributed by atoms with van der Waals surface area (Å²) < 4.78 is 5.35. The summed E-state index contributed by atoms with van der Waals surface area (Å²) in [6, 6.07) is 8.78. The van der Waals surface area contributed by atoms with Crippen molar-refractivity contribution in [3.8, 4) is 5.75 Å². The number of benzene rings is 1. The SMILES string of the molecule is CCCCCCC[C@H]1CC(NCC(O)c2ccnc3ccc(OC)cc23)CCN1. The second-order valence-corrected chi connectivity index (χ2v) is 8.28. The van der Waals surface area contributed by atoms with Gasteiger partial charge in [-0.05, 0) is 55.6 Å². The van der Waals surface area contributed by atoms with Gasteiger partial charge >= 0.3 is 0 Å². The minimum atomic E-state index is -0.560. The number of aliphatic hydroxyl groups is 1. The maximum Gasteiger partial charge on any atom is 0.119 e. The van der Waals surface area contributed by atoms with E-state index in [9.17, 15) is 5.11 Å². The monoisotopic (exact) mass is 399 g/mol. The Labute approximate surface area is 175 Å². The number of nitrogens with zero attached hydrogens (tertiary/aromatic N) is 1. The summed E-state index contributed by atoms with van der Waals surface area (Å²) in [6.07, 6.45) is 11.4. The molecule has 2 unspecified atom stereocenters. The highest BCUT2D eigenvalue weighted by Crippen LogP contribution is 2.26. The quantitative estimate of drug-likeness (QED) is 0.490. The normalized spacial score (nSPS) is 20.7. The highest BCUT2D eigenvalue weighted by atomic mass is 16.5. The first kappa shape index (κ1) is 22.0. The molecule has 1 aliphatic heterocycles. The molecular weight excluding hydrogens is 362 g/mol. The van der Waals surface area contributed by atoms with Crippen LogP contribution in [0.5, 0.6) is 5.75 Å². The van der Waals surface area contributed by atoms with Crippen molar-refractivity contribution in [2.45, 2.75) is 76.5 Å². The van der Waals surface area contributed by atoms with Gasteiger partial charge in [-0.2, -0.15) is 0 Å². The lowest BCUT2D eigenvalue weighted by Gasteiger charge is -2.32. The Morgan fingerprint density at radius 2 is 2.10 bits per heavy atom. The minimum Gasteiger partial charge on any atom is -0.497 e. The van der Waals surface area contributed by atoms with Gasteiger partial charge in [0.2, 0.25) is 0 Å². The molecule has 0 radical (unpaired) electrons. The van der Waals surface area contributed by atoms with E-state index in [4.69, 9.17) is 4.74 Å². The van der Waals surface area contributed by atoms with Gasteiger partial charge in [-0.1, -0.05) is 39.0 Å². The number of fused-ring (bicyclic) bond motifs is 1. The van der Waals surface area contributed by atoms with E-state index < -0.39 is 6.10 Å². The molecule has 2 heterocycles. The maximum atomic E-state index is 10.9. The van der Waals surface area contributed by atoms with Crippen LogP contribution in [0, 0.1) is 0 Å². The fraction of sp³-hybridized carbons (Fsp3) is 0.625. The summed E-state index contributed by atoms with van der Waals surface area (Å²) in [5.41, 5.74) is 1.79. The maximum absolute atomic E-state index is 10.9. The van der Waals surface area contributed by atoms with Crippen molar-refractivity contribution in [2.75, 3.05) is 20.2 Å². The van der Waals surface area contributed by atoms with Crippen LogP contribution in [0.1, 0.15) is 70.0 Å². The Bertz CT molecular complexity index is 752. The molecule has 0 bridgehead atoms. The number of unbranched alkanes of at least 4 members (excludes halogenated alkanes) is 4. The topological polar surface area (TPSA) is 66.4 Å². The Balaban J connectivity index is 1.51. The molecule has 3 atom stereocenters. The average molecular weight is 400 g/mol. The predicted octanol–water partition coefficient (Wildman–Crippen LogP) is 4.35. The lowest BCUT2D eigenvalue weighted by molar-refractivity contribution is 0.164. The molecule has 2 aromatic rings. The van der Waals surface area contributed by atoms with Crippen LogP contribution in [0.3, 0.4) is 0 Å². The van der Waals surface area contributed by atoms with E-state index in [1.54, 1.807) is 13.3 Å². The van der Waals surface area contributed by atoms with E-state index >= 15 is 0 Å². The molecule has 1 aromatic carbocycles. The number of nitrogens with one attached hydrogen (secondary N) is 2. The van der Waals surface area contributed by atoms with Crippen LogP contribution in [0.15, 0.2) is 30.5 Å². The van der Waals surface area contributed by atoms with Gasteiger partial charge in [0.1, 0.15) is 5.75 Å². The highest BCUT2D eigenvalue weighted by molar-refractivity contribution is 5.83. The third-order valence-electron chi connectivity index (χ3n) is 6.09. The summed E-state index contributed by atoms with van der Waals surface area (Å²) in [6.45, 7) is 3.88. The van der Waals surface area contributed by atoms with Crippen molar-refractivity contribution in [3.05, 3.63) is 36.0 Å². The molecular formula is C24H37N3O2. The van der Waals surface area contributed by atoms with E-state index in [-0.39, 0.29) is 0 Å². The number of methoxy groups -OCH3 is 1. The average Bonchev–Trinajstić information content (AvgIpc) is 2.76. The molecule has 3 N–H and O–H groups in total. The molecule has 1 saturated heterocycles. The van der Waals surface area contributed by atoms with E-state index in [0.717, 1.165) is 41.6 Å². The number of aliphatic hydroxyl groups excluding tert-OH is 1. The van der Waals surface area contributed by atoms with E-state index in [0.29, 0.717) is 18.6 Å². The van der Waals surface area contributed by atoms with Gasteiger partial charge < -0.3 is 20.5 Å². The summed E-state index contributed by atoms with van der Waals surface area (Å²) >= 11 is 0. The molecule has 0 aliphatic carbocycles. The summed E-state index contributed by atoms with van der Waals surface area (Å²) in [7, 11) is 1.66. The largest absolute Gasteiger partial charge is 0.497 e. The molecule has 29 heavy (non-hydrogen) atoms. The van der Waals surface area contributed by atoms with Gasteiger partial charge in [-0.15, -0.1) is 0 Å². The van der Waals surface area contributed by atoms with Gasteiger partial charge in [-0.3, -0.25) is 4.98 Å². The molecule has 5 heteroatoms. The van der Waals surface area contributed by atoms with Gasteiger partial charge in [0.25, 0.3) is 0 Å². The van der Waals surface area contributed by atoms with Crippen LogP contribution in [-0.4, -0.2) is 42.4 Å². The standard InChI is InChI=1S/C24H37N3O2/c1-3-4-5-6-7-8-18-15-19(11-13-25-18)27-17-24(28)21-12-14-26-23-10-9-20(29-2)16-22(21)23/h9-10,12,14,16,18-19,24-25,27-28H,3-8,11,13,15,17H2,1-2H3/t18-,19?,24?/m0/s1. The van der Waals surface area contributed by atoms with Crippen LogP contribution < -0.4 is 15.4 Å². The molecule has 1 aromatic heterocycles. The van der Waals surface area contributed by atoms with Crippen molar-refractivity contribution in [2.24, 2.45) is 0 Å². The lowest BCUT2D eigenvalue weighted by atomic mass is 9.94. The van der Waals surface area contributed by atoms with Crippen molar-refractivity contribution in [1.29, 1.82) is 0 Å². The van der Waals surface area contributed by atoms with Crippen molar-refractivity contribution in [3.63, 3.8) is 0 Å². The molecule has 0 spiro atoms. The van der Waals surface area contributed by atoms with Gasteiger partial charge in [0, 0.05) is 30.2 Å². The number of piperidine rings is 1. The Kier molecular flexibility index (Phi) is 8.71. The van der Waals surface area contributed by atoms with Crippen LogP contribution in [-0.2, 0) is 0 Å². The number of ether oxygens (including phenoxy) is 1. The van der Waals surface area contributed by atoms with Gasteiger partial charge in [0.15, 0.2) is 0 Å². The zero-order chi connectivity index (χ0) is 20.5. The van der Waals surface area contributed by atoms with E-state index in [2.05, 4.69) is 22.5 Å². The van der Waals surface area contributed by atoms with Crippen molar-refractivity contribution >= 4 is 10.9 Å². The second kappa shape index (κ2) is 11.5. The number of rotatable bonds is 11. The molecule has 0 amide bonds. The van der Waals surface area contributed by atoms with Crippen molar-refractivity contribution in [1.82, 2.24) is 15.6 Å². The predicted molar refractivity (Wildman–Crippen MR) is 119 cm³/mol. The van der Waals surface area contributed by atoms with Crippen LogP contribution in [0.4, 0.5) is 0 Å². The minimum absolute atomic E-state index is 0.467. The number of aromatic nitrogens is 1. The Morgan fingerprint density at radius 1 is 1.24 bits per heavy atom. The second-order valence-electron chi connectivity index (χ2n) is 8.28. The van der Waals surface area contributed by atoms with Crippen LogP contribution in [0.2, 0.25) is 0 Å². The number of hydrogen-bond acceptors (Lipinski definition) is 5. The van der Waals surface area contributed by atoms with Gasteiger partial charge in [0.05, 0.1) is 18.7 Å². The molecule has 160 valence electrons. The molecule has 1 fully saturated rings. The summed E-state index contributed by atoms with van der Waals surface area (Å²) in [4.78, 5) is 4.41. The summed E-state index contributed by atoms with van der Waals surface area (Å²) in [5, 5.41) is 19.1. The third kappa shape index (κ3) is 6.39. The Hall–Kier alpha value is -1.69. The van der Waals surface area contributed by atoms with Crippen LogP contribution in [0.25, 0.3) is 10.9 Å². The van der Waals surface area contributed by atoms with E-state index in [1.807, 2.05) is 24.3 Å². The zero-order valence-corrected chi connectivity index (χ0v) is 18.0. The molecule has 3 rings (SSSR count). The molecule has 1 aliphatic rings. The van der Waals surface area contributed by atoms with Gasteiger partial charge in [-0.25, -0.2) is 0 Å². The third-order valence-corrected chi connectivity index (χ3v) is 6.09. The smallest absolute Gasteiger partial charge is 0.119 e. The molecule has 0 saturated carbocycles. The first-order chi connectivity index (χ1) is 14.2. The summed E-state index contributed by atoms with van der Waals surface area (Å²) in [5.74, 6) is 0.784. The van der Waals surface area contributed by atoms with Crippen molar-refractivity contribution < 1.29 is 9.84 Å². The Morgan fingerprint density at radius 3 is 2.93 bits per heavy atom. The fourth-order valence-electron chi connectivity index (χ4n) is 4.36. The van der Waals surface area contributed by atoms with Crippen LogP contribution >= 0.6 is 0 Å². The first-order valence-corrected chi connectivity index (χ1v) is 11.3. The lowest BCUT2D eigenvalue weighted by Crippen LogP contribution is -2.46. The highest BCUT2D eigenvalue weighted by Gasteiger charge is 2.22. The number of pyridine rings is 1. The fourth-order valence-corrected chi connectivity index (χ4v) is 4.36.